The van der Waals surface area contributed by atoms with Crippen molar-refractivity contribution in [1.29, 1.82) is 0 Å². The number of carbonyl (C=O) groups is 2. The van der Waals surface area contributed by atoms with Gasteiger partial charge in [-0.15, -0.1) is 0 Å². The lowest BCUT2D eigenvalue weighted by molar-refractivity contribution is -0.118. The van der Waals surface area contributed by atoms with Crippen LogP contribution in [0.15, 0.2) is 54.7 Å². The highest BCUT2D eigenvalue weighted by Gasteiger charge is 2.16. The molecule has 0 saturated heterocycles. The van der Waals surface area contributed by atoms with Gasteiger partial charge in [-0.3, -0.25) is 9.59 Å². The average Bonchev–Trinajstić information content (AvgIpc) is 2.76. The van der Waals surface area contributed by atoms with Crippen molar-refractivity contribution in [2.75, 3.05) is 5.32 Å². The van der Waals surface area contributed by atoms with Gasteiger partial charge in [-0.05, 0) is 29.7 Å². The van der Waals surface area contributed by atoms with Crippen LogP contribution in [0.25, 0.3) is 0 Å². The second kappa shape index (κ2) is 10.2. The first-order valence-electron chi connectivity index (χ1n) is 10.1. The molecule has 0 bridgehead atoms. The molecule has 2 aromatic carbocycles. The van der Waals surface area contributed by atoms with Crippen molar-refractivity contribution < 1.29 is 9.59 Å². The summed E-state index contributed by atoms with van der Waals surface area (Å²) in [7, 11) is 0. The molecule has 1 atom stereocenters. The van der Waals surface area contributed by atoms with Gasteiger partial charge < -0.3 is 11.1 Å². The Kier molecular flexibility index (Phi) is 7.36. The van der Waals surface area contributed by atoms with E-state index in [9.17, 15) is 9.59 Å². The van der Waals surface area contributed by atoms with Gasteiger partial charge >= 0.3 is 0 Å². The van der Waals surface area contributed by atoms with E-state index in [2.05, 4.69) is 15.3 Å². The molecule has 6 nitrogen and oxygen atoms in total. The summed E-state index contributed by atoms with van der Waals surface area (Å²) in [5, 5.41) is 3.84. The normalized spacial score (nSPS) is 11.7. The van der Waals surface area contributed by atoms with Gasteiger partial charge in [0.05, 0.1) is 5.56 Å². The van der Waals surface area contributed by atoms with E-state index in [-0.39, 0.29) is 17.4 Å². The first-order chi connectivity index (χ1) is 14.9. The third-order valence-electron chi connectivity index (χ3n) is 5.01. The zero-order chi connectivity index (χ0) is 22.4. The molecule has 0 fully saturated rings. The highest BCUT2D eigenvalue weighted by Crippen LogP contribution is 2.23. The predicted octanol–water partition coefficient (Wildman–Crippen LogP) is 4.51. The molecule has 31 heavy (non-hydrogen) atoms. The van der Waals surface area contributed by atoms with Crippen molar-refractivity contribution in [3.63, 3.8) is 0 Å². The van der Waals surface area contributed by atoms with Crippen LogP contribution in [0.4, 0.5) is 5.82 Å². The fourth-order valence-electron chi connectivity index (χ4n) is 3.22. The highest BCUT2D eigenvalue weighted by atomic mass is 35.5. The summed E-state index contributed by atoms with van der Waals surface area (Å²) in [6, 6.07) is 15.3. The van der Waals surface area contributed by atoms with E-state index in [1.807, 2.05) is 56.3 Å². The monoisotopic (exact) mass is 436 g/mol. The lowest BCUT2D eigenvalue weighted by Crippen LogP contribution is -2.18. The smallest absolute Gasteiger partial charge is 0.254 e. The molecule has 7 heteroatoms. The number of halogens is 1. The standard InChI is InChI=1S/C24H25ClN4O2/c1-3-19(30)13-18-11-16(9-10-21(18)25)12-22-27-14-20(23(26)31)24(29-22)28-15(2)17-7-5-4-6-8-17/h4-11,14-15H,3,12-13H2,1-2H3,(H2,26,31)(H,27,28,29)/t15-/m1/s1. The number of aromatic nitrogens is 2. The largest absolute Gasteiger partial charge is 0.365 e. The minimum atomic E-state index is -0.596. The number of nitrogens with zero attached hydrogens (tertiary/aromatic N) is 2. The van der Waals surface area contributed by atoms with E-state index in [1.54, 1.807) is 6.07 Å². The Morgan fingerprint density at radius 2 is 1.90 bits per heavy atom. The van der Waals surface area contributed by atoms with Crippen molar-refractivity contribution in [3.8, 4) is 0 Å². The second-order valence-electron chi connectivity index (χ2n) is 7.36. The molecule has 160 valence electrons. The van der Waals surface area contributed by atoms with E-state index in [0.29, 0.717) is 35.9 Å². The van der Waals surface area contributed by atoms with E-state index in [4.69, 9.17) is 17.3 Å². The quantitative estimate of drug-likeness (QED) is 0.514. The fourth-order valence-corrected chi connectivity index (χ4v) is 3.40. The zero-order valence-corrected chi connectivity index (χ0v) is 18.3. The molecule has 0 aliphatic heterocycles. The number of hydrogen-bond acceptors (Lipinski definition) is 5. The Labute approximate surface area is 186 Å². The summed E-state index contributed by atoms with van der Waals surface area (Å²) in [5.41, 5.74) is 8.53. The highest BCUT2D eigenvalue weighted by molar-refractivity contribution is 6.31. The van der Waals surface area contributed by atoms with Gasteiger partial charge in [-0.1, -0.05) is 61.0 Å². The van der Waals surface area contributed by atoms with Crippen molar-refractivity contribution >= 4 is 29.1 Å². The Morgan fingerprint density at radius 3 is 2.58 bits per heavy atom. The fraction of sp³-hybridized carbons (Fsp3) is 0.250. The third-order valence-corrected chi connectivity index (χ3v) is 5.38. The van der Waals surface area contributed by atoms with Crippen LogP contribution < -0.4 is 11.1 Å². The molecule has 0 aliphatic carbocycles. The molecule has 1 heterocycles. The van der Waals surface area contributed by atoms with Crippen molar-refractivity contribution in [2.45, 2.75) is 39.2 Å². The Morgan fingerprint density at radius 1 is 1.16 bits per heavy atom. The number of hydrogen-bond donors (Lipinski definition) is 2. The molecule has 0 radical (unpaired) electrons. The third kappa shape index (κ3) is 5.89. The van der Waals surface area contributed by atoms with Crippen LogP contribution in [0.1, 0.15) is 59.2 Å². The second-order valence-corrected chi connectivity index (χ2v) is 7.77. The van der Waals surface area contributed by atoms with Gasteiger partial charge in [0.1, 0.15) is 17.4 Å². The lowest BCUT2D eigenvalue weighted by atomic mass is 10.0. The van der Waals surface area contributed by atoms with E-state index < -0.39 is 5.91 Å². The molecule has 1 aromatic heterocycles. The van der Waals surface area contributed by atoms with Gasteiger partial charge in [0.25, 0.3) is 5.91 Å². The lowest BCUT2D eigenvalue weighted by Gasteiger charge is -2.17. The molecule has 0 spiro atoms. The van der Waals surface area contributed by atoms with Gasteiger partial charge in [0.2, 0.25) is 0 Å². The number of amides is 1. The van der Waals surface area contributed by atoms with Gasteiger partial charge in [-0.2, -0.15) is 0 Å². The number of carbonyl (C=O) groups excluding carboxylic acids is 2. The average molecular weight is 437 g/mol. The number of rotatable bonds is 9. The summed E-state index contributed by atoms with van der Waals surface area (Å²) in [6.07, 6.45) is 2.64. The number of Topliss-reactive ketones (excluding diaryl/α,β-unsaturated/α-hetero) is 1. The molecule has 1 amide bonds. The molecular weight excluding hydrogens is 412 g/mol. The van der Waals surface area contributed by atoms with E-state index in [0.717, 1.165) is 16.7 Å². The molecule has 0 saturated carbocycles. The molecular formula is C24H25ClN4O2. The molecule has 3 rings (SSSR count). The first-order valence-corrected chi connectivity index (χ1v) is 10.5. The van der Waals surface area contributed by atoms with Crippen LogP contribution in [0.3, 0.4) is 0 Å². The predicted molar refractivity (Wildman–Crippen MR) is 122 cm³/mol. The Hall–Kier alpha value is -3.25. The van der Waals surface area contributed by atoms with E-state index in [1.165, 1.54) is 6.20 Å². The number of benzene rings is 2. The number of anilines is 1. The van der Waals surface area contributed by atoms with Gasteiger partial charge in [-0.25, -0.2) is 9.97 Å². The van der Waals surface area contributed by atoms with Crippen LogP contribution in [-0.2, 0) is 17.6 Å². The van der Waals surface area contributed by atoms with Crippen LogP contribution in [-0.4, -0.2) is 21.7 Å². The molecule has 3 N–H and O–H groups in total. The molecule has 0 aliphatic rings. The maximum Gasteiger partial charge on any atom is 0.254 e. The van der Waals surface area contributed by atoms with Crippen LogP contribution in [0.2, 0.25) is 5.02 Å². The maximum atomic E-state index is 11.9. The van der Waals surface area contributed by atoms with E-state index >= 15 is 0 Å². The minimum Gasteiger partial charge on any atom is -0.365 e. The SMILES string of the molecule is CCC(=O)Cc1cc(Cc2ncc(C(N)=O)c(N[C@H](C)c3ccccc3)n2)ccc1Cl. The van der Waals surface area contributed by atoms with Crippen LogP contribution in [0, 0.1) is 0 Å². The molecule has 0 unspecified atom stereocenters. The molecule has 3 aromatic rings. The maximum absolute atomic E-state index is 11.9. The number of ketones is 1. The minimum absolute atomic E-state index is 0.0794. The number of primary amides is 1. The summed E-state index contributed by atoms with van der Waals surface area (Å²) in [4.78, 5) is 32.6. The number of nitrogens with one attached hydrogen (secondary N) is 1. The van der Waals surface area contributed by atoms with Gasteiger partial charge in [0.15, 0.2) is 0 Å². The summed E-state index contributed by atoms with van der Waals surface area (Å²) >= 11 is 6.25. The van der Waals surface area contributed by atoms with Crippen molar-refractivity contribution in [2.24, 2.45) is 5.73 Å². The summed E-state index contributed by atoms with van der Waals surface area (Å²) in [6.45, 7) is 3.82. The van der Waals surface area contributed by atoms with Crippen LogP contribution >= 0.6 is 11.6 Å². The van der Waals surface area contributed by atoms with Crippen molar-refractivity contribution in [3.05, 3.63) is 87.8 Å². The number of nitrogens with two attached hydrogens (primary N) is 1. The zero-order valence-electron chi connectivity index (χ0n) is 17.6. The summed E-state index contributed by atoms with van der Waals surface area (Å²) in [5.74, 6) is 0.454. The summed E-state index contributed by atoms with van der Waals surface area (Å²) < 4.78 is 0. The first kappa shape index (κ1) is 22.4. The Bertz CT molecular complexity index is 1090. The van der Waals surface area contributed by atoms with Crippen molar-refractivity contribution in [1.82, 2.24) is 9.97 Å². The Balaban J connectivity index is 1.86. The van der Waals surface area contributed by atoms with Gasteiger partial charge in [0, 0.05) is 36.5 Å². The van der Waals surface area contributed by atoms with Crippen LogP contribution in [0.5, 0.6) is 0 Å². The topological polar surface area (TPSA) is 98.0 Å².